The highest BCUT2D eigenvalue weighted by molar-refractivity contribution is 5.80. The first-order valence-corrected chi connectivity index (χ1v) is 7.65. The Morgan fingerprint density at radius 1 is 1.00 bits per heavy atom. The Morgan fingerprint density at radius 3 is 1.95 bits per heavy atom. The van der Waals surface area contributed by atoms with Gasteiger partial charge in [-0.1, -0.05) is 62.4 Å². The molecule has 2 nitrogen and oxygen atoms in total. The average molecular weight is 279 g/mol. The number of hydrogen-bond donors (Lipinski definition) is 0. The van der Waals surface area contributed by atoms with Gasteiger partial charge in [0.1, 0.15) is 0 Å². The maximum atomic E-state index is 12.6. The molecule has 0 saturated carbocycles. The highest BCUT2D eigenvalue weighted by Crippen LogP contribution is 2.32. The van der Waals surface area contributed by atoms with Crippen LogP contribution in [0, 0.1) is 5.92 Å². The van der Waals surface area contributed by atoms with Crippen LogP contribution in [-0.4, -0.2) is 10.8 Å². The number of amides is 1. The van der Waals surface area contributed by atoms with Crippen molar-refractivity contribution in [2.75, 3.05) is 0 Å². The van der Waals surface area contributed by atoms with E-state index in [1.165, 1.54) is 22.3 Å². The minimum Gasteiger partial charge on any atom is -0.334 e. The van der Waals surface area contributed by atoms with Crippen molar-refractivity contribution in [1.29, 1.82) is 0 Å². The van der Waals surface area contributed by atoms with Gasteiger partial charge in [0.05, 0.1) is 0 Å². The lowest BCUT2D eigenvalue weighted by Crippen LogP contribution is -2.33. The maximum Gasteiger partial charge on any atom is 0.225 e. The van der Waals surface area contributed by atoms with Crippen LogP contribution in [0.3, 0.4) is 0 Å². The van der Waals surface area contributed by atoms with Crippen molar-refractivity contribution in [3.05, 3.63) is 59.7 Å². The van der Waals surface area contributed by atoms with Crippen LogP contribution in [-0.2, 0) is 17.9 Å². The standard InChI is InChI=1S/C19H21NO/c1-3-14(2)19(21)20-12-15-8-4-6-10-17(15)18-11-7-5-9-16(18)13-20/h4-11,14H,3,12-13H2,1-2H3. The largest absolute Gasteiger partial charge is 0.334 e. The fraction of sp³-hybridized carbons (Fsp3) is 0.316. The van der Waals surface area contributed by atoms with Crippen molar-refractivity contribution in [2.45, 2.75) is 33.4 Å². The quantitative estimate of drug-likeness (QED) is 0.805. The molecule has 1 unspecified atom stereocenters. The zero-order valence-corrected chi connectivity index (χ0v) is 12.7. The van der Waals surface area contributed by atoms with Crippen molar-refractivity contribution < 1.29 is 4.79 Å². The topological polar surface area (TPSA) is 20.3 Å². The van der Waals surface area contributed by atoms with Crippen LogP contribution >= 0.6 is 0 Å². The second-order valence-corrected chi connectivity index (χ2v) is 5.82. The van der Waals surface area contributed by atoms with E-state index in [0.717, 1.165) is 6.42 Å². The molecule has 1 atom stereocenters. The Bertz CT molecular complexity index is 615. The van der Waals surface area contributed by atoms with E-state index in [-0.39, 0.29) is 11.8 Å². The molecule has 1 aliphatic heterocycles. The summed E-state index contributed by atoms with van der Waals surface area (Å²) in [6, 6.07) is 16.8. The predicted octanol–water partition coefficient (Wildman–Crippen LogP) is 4.24. The molecule has 0 N–H and O–H groups in total. The van der Waals surface area contributed by atoms with E-state index in [0.29, 0.717) is 13.1 Å². The molecule has 0 saturated heterocycles. The summed E-state index contributed by atoms with van der Waals surface area (Å²) in [5.41, 5.74) is 4.98. The Labute approximate surface area is 126 Å². The molecule has 2 heteroatoms. The van der Waals surface area contributed by atoms with Crippen LogP contribution in [0.1, 0.15) is 31.4 Å². The molecular formula is C19H21NO. The maximum absolute atomic E-state index is 12.6. The second-order valence-electron chi connectivity index (χ2n) is 5.82. The highest BCUT2D eigenvalue weighted by Gasteiger charge is 2.24. The van der Waals surface area contributed by atoms with Crippen molar-refractivity contribution in [3.8, 4) is 11.1 Å². The Hall–Kier alpha value is -2.09. The Kier molecular flexibility index (Phi) is 3.78. The summed E-state index contributed by atoms with van der Waals surface area (Å²) in [5.74, 6) is 0.339. The third kappa shape index (κ3) is 2.58. The van der Waals surface area contributed by atoms with Crippen molar-refractivity contribution in [2.24, 2.45) is 5.92 Å². The normalized spacial score (nSPS) is 14.9. The van der Waals surface area contributed by atoms with Crippen molar-refractivity contribution in [3.63, 3.8) is 0 Å². The molecule has 0 aliphatic carbocycles. The average Bonchev–Trinajstić information content (AvgIpc) is 2.70. The SMILES string of the molecule is CCC(C)C(=O)N1Cc2ccccc2-c2ccccc2C1. The Morgan fingerprint density at radius 2 is 1.48 bits per heavy atom. The second kappa shape index (κ2) is 5.72. The zero-order valence-electron chi connectivity index (χ0n) is 12.7. The van der Waals surface area contributed by atoms with E-state index in [2.05, 4.69) is 55.5 Å². The fourth-order valence-corrected chi connectivity index (χ4v) is 2.95. The molecule has 1 amide bonds. The first kappa shape index (κ1) is 13.9. The molecule has 3 rings (SSSR count). The van der Waals surface area contributed by atoms with Crippen LogP contribution < -0.4 is 0 Å². The van der Waals surface area contributed by atoms with Crippen LogP contribution in [0.25, 0.3) is 11.1 Å². The van der Waals surface area contributed by atoms with Gasteiger partial charge in [-0.05, 0) is 28.7 Å². The Balaban J connectivity index is 2.07. The van der Waals surface area contributed by atoms with Crippen LogP contribution in [0.2, 0.25) is 0 Å². The molecule has 2 aromatic rings. The molecule has 108 valence electrons. The number of hydrogen-bond acceptors (Lipinski definition) is 1. The summed E-state index contributed by atoms with van der Waals surface area (Å²) in [5, 5.41) is 0. The van der Waals surface area contributed by atoms with Crippen LogP contribution in [0.5, 0.6) is 0 Å². The molecular weight excluding hydrogens is 258 g/mol. The number of benzene rings is 2. The predicted molar refractivity (Wildman–Crippen MR) is 85.6 cm³/mol. The summed E-state index contributed by atoms with van der Waals surface area (Å²) >= 11 is 0. The van der Waals surface area contributed by atoms with E-state index in [1.807, 2.05) is 11.8 Å². The van der Waals surface area contributed by atoms with Gasteiger partial charge in [-0.3, -0.25) is 4.79 Å². The smallest absolute Gasteiger partial charge is 0.225 e. The lowest BCUT2D eigenvalue weighted by atomic mass is 9.97. The van der Waals surface area contributed by atoms with E-state index in [1.54, 1.807) is 0 Å². The molecule has 2 aromatic carbocycles. The lowest BCUT2D eigenvalue weighted by Gasteiger charge is -2.24. The summed E-state index contributed by atoms with van der Waals surface area (Å²) in [7, 11) is 0. The summed E-state index contributed by atoms with van der Waals surface area (Å²) in [6.07, 6.45) is 0.888. The number of carbonyl (C=O) groups is 1. The molecule has 0 aromatic heterocycles. The van der Waals surface area contributed by atoms with Crippen LogP contribution in [0.15, 0.2) is 48.5 Å². The van der Waals surface area contributed by atoms with E-state index >= 15 is 0 Å². The van der Waals surface area contributed by atoms with E-state index in [4.69, 9.17) is 0 Å². The monoisotopic (exact) mass is 279 g/mol. The molecule has 0 fully saturated rings. The van der Waals surface area contributed by atoms with E-state index in [9.17, 15) is 4.79 Å². The number of carbonyl (C=O) groups excluding carboxylic acids is 1. The fourth-order valence-electron chi connectivity index (χ4n) is 2.95. The lowest BCUT2D eigenvalue weighted by molar-refractivity contribution is -0.136. The highest BCUT2D eigenvalue weighted by atomic mass is 16.2. The minimum atomic E-state index is 0.0856. The van der Waals surface area contributed by atoms with Gasteiger partial charge in [0, 0.05) is 19.0 Å². The van der Waals surface area contributed by atoms with E-state index < -0.39 is 0 Å². The van der Waals surface area contributed by atoms with Gasteiger partial charge in [0.2, 0.25) is 5.91 Å². The van der Waals surface area contributed by atoms with Gasteiger partial charge in [0.25, 0.3) is 0 Å². The van der Waals surface area contributed by atoms with Gasteiger partial charge in [-0.15, -0.1) is 0 Å². The number of rotatable bonds is 2. The first-order valence-electron chi connectivity index (χ1n) is 7.65. The minimum absolute atomic E-state index is 0.0856. The summed E-state index contributed by atoms with van der Waals surface area (Å²) < 4.78 is 0. The van der Waals surface area contributed by atoms with Gasteiger partial charge in [-0.2, -0.15) is 0 Å². The van der Waals surface area contributed by atoms with Crippen molar-refractivity contribution in [1.82, 2.24) is 4.90 Å². The summed E-state index contributed by atoms with van der Waals surface area (Å²) in [6.45, 7) is 5.50. The van der Waals surface area contributed by atoms with Gasteiger partial charge < -0.3 is 4.90 Å². The third-order valence-corrected chi connectivity index (χ3v) is 4.39. The number of fused-ring (bicyclic) bond motifs is 3. The molecule has 21 heavy (non-hydrogen) atoms. The van der Waals surface area contributed by atoms with Gasteiger partial charge in [-0.25, -0.2) is 0 Å². The third-order valence-electron chi connectivity index (χ3n) is 4.39. The molecule has 1 aliphatic rings. The van der Waals surface area contributed by atoms with Crippen LogP contribution in [0.4, 0.5) is 0 Å². The first-order chi connectivity index (χ1) is 10.2. The van der Waals surface area contributed by atoms with Gasteiger partial charge >= 0.3 is 0 Å². The summed E-state index contributed by atoms with van der Waals surface area (Å²) in [4.78, 5) is 14.6. The molecule has 0 bridgehead atoms. The molecule has 1 heterocycles. The zero-order chi connectivity index (χ0) is 14.8. The van der Waals surface area contributed by atoms with Crippen molar-refractivity contribution >= 4 is 5.91 Å². The number of nitrogens with zero attached hydrogens (tertiary/aromatic N) is 1. The van der Waals surface area contributed by atoms with Gasteiger partial charge in [0.15, 0.2) is 0 Å². The molecule has 0 radical (unpaired) electrons. The molecule has 0 spiro atoms.